The molecule has 1 aromatic rings. The van der Waals surface area contributed by atoms with Crippen LogP contribution in [-0.4, -0.2) is 33.5 Å². The summed E-state index contributed by atoms with van der Waals surface area (Å²) in [5.74, 6) is -1.13. The number of hydrogen-bond acceptors (Lipinski definition) is 4. The number of hydrogen-bond donors (Lipinski definition) is 2. The van der Waals surface area contributed by atoms with Crippen molar-refractivity contribution in [1.82, 2.24) is 4.98 Å². The van der Waals surface area contributed by atoms with Gasteiger partial charge in [-0.05, 0) is 28.1 Å². The number of nitrogens with one attached hydrogen (secondary N) is 1. The number of aromatic nitrogens is 1. The van der Waals surface area contributed by atoms with Gasteiger partial charge < -0.3 is 10.4 Å². The van der Waals surface area contributed by atoms with E-state index in [-0.39, 0.29) is 17.4 Å². The van der Waals surface area contributed by atoms with Crippen molar-refractivity contribution in [2.75, 3.05) is 16.8 Å². The van der Waals surface area contributed by atoms with Gasteiger partial charge in [0.05, 0.1) is 23.4 Å². The number of carbonyl (C=O) groups is 2. The highest BCUT2D eigenvalue weighted by atomic mass is 79.9. The molecule has 0 radical (unpaired) electrons. The van der Waals surface area contributed by atoms with Crippen LogP contribution in [0.25, 0.3) is 0 Å². The average molecular weight is 305 g/mol. The first-order chi connectivity index (χ1) is 7.58. The Hall–Kier alpha value is -1.08. The number of carboxylic acids is 1. The molecule has 0 atom stereocenters. The maximum absolute atomic E-state index is 11.3. The van der Waals surface area contributed by atoms with Gasteiger partial charge in [-0.15, -0.1) is 11.8 Å². The molecule has 0 saturated carbocycles. The molecule has 16 heavy (non-hydrogen) atoms. The first-order valence-corrected chi connectivity index (χ1v) is 6.23. The van der Waals surface area contributed by atoms with Gasteiger partial charge in [0, 0.05) is 0 Å². The van der Waals surface area contributed by atoms with E-state index in [9.17, 15) is 9.59 Å². The molecule has 1 aromatic heterocycles. The molecule has 1 rings (SSSR count). The van der Waals surface area contributed by atoms with Crippen molar-refractivity contribution < 1.29 is 14.7 Å². The highest BCUT2D eigenvalue weighted by molar-refractivity contribution is 9.10. The minimum absolute atomic E-state index is 0.0774. The molecule has 1 heterocycles. The number of thioether (sulfide) groups is 1. The van der Waals surface area contributed by atoms with E-state index in [0.29, 0.717) is 10.3 Å². The summed E-state index contributed by atoms with van der Waals surface area (Å²) >= 11 is 4.23. The van der Waals surface area contributed by atoms with E-state index in [1.807, 2.05) is 0 Å². The van der Waals surface area contributed by atoms with Gasteiger partial charge in [0.15, 0.2) is 0 Å². The van der Waals surface area contributed by atoms with Gasteiger partial charge in [-0.1, -0.05) is 0 Å². The normalized spacial score (nSPS) is 9.81. The molecular weight excluding hydrogens is 296 g/mol. The zero-order valence-corrected chi connectivity index (χ0v) is 10.5. The topological polar surface area (TPSA) is 79.3 Å². The largest absolute Gasteiger partial charge is 0.481 e. The molecule has 0 aliphatic rings. The summed E-state index contributed by atoms with van der Waals surface area (Å²) in [4.78, 5) is 25.5. The van der Waals surface area contributed by atoms with Crippen molar-refractivity contribution in [3.05, 3.63) is 22.9 Å². The first-order valence-electron chi connectivity index (χ1n) is 4.29. The Kier molecular flexibility index (Phi) is 5.27. The van der Waals surface area contributed by atoms with Gasteiger partial charge in [0.25, 0.3) is 0 Å². The lowest BCUT2D eigenvalue weighted by atomic mass is 10.4. The first kappa shape index (κ1) is 13.0. The zero-order valence-electron chi connectivity index (χ0n) is 8.14. The maximum Gasteiger partial charge on any atom is 0.313 e. The van der Waals surface area contributed by atoms with Crippen LogP contribution in [0.1, 0.15) is 0 Å². The van der Waals surface area contributed by atoms with Crippen LogP contribution in [0, 0.1) is 0 Å². The number of pyridine rings is 1. The molecule has 0 unspecified atom stereocenters. The third-order valence-corrected chi connectivity index (χ3v) is 2.86. The van der Waals surface area contributed by atoms with Crippen molar-refractivity contribution >= 4 is 45.3 Å². The summed E-state index contributed by atoms with van der Waals surface area (Å²) in [6.45, 7) is 0. The monoisotopic (exact) mass is 304 g/mol. The van der Waals surface area contributed by atoms with Gasteiger partial charge in [0.1, 0.15) is 4.60 Å². The molecule has 0 aliphatic carbocycles. The van der Waals surface area contributed by atoms with Gasteiger partial charge in [0.2, 0.25) is 5.91 Å². The third kappa shape index (κ3) is 5.13. The number of carboxylic acid groups (broad SMARTS) is 1. The Bertz CT molecular complexity index is 383. The quantitative estimate of drug-likeness (QED) is 0.808. The van der Waals surface area contributed by atoms with Crippen molar-refractivity contribution in [3.63, 3.8) is 0 Å². The molecular formula is C9H9BrN2O3S. The van der Waals surface area contributed by atoms with Gasteiger partial charge in [-0.3, -0.25) is 9.59 Å². The molecule has 0 saturated heterocycles. The van der Waals surface area contributed by atoms with Crippen LogP contribution >= 0.6 is 27.7 Å². The van der Waals surface area contributed by atoms with Crippen LogP contribution in [0.4, 0.5) is 5.69 Å². The number of rotatable bonds is 5. The molecule has 0 aromatic carbocycles. The second-order valence-corrected chi connectivity index (χ2v) is 4.60. The van der Waals surface area contributed by atoms with E-state index in [0.717, 1.165) is 11.8 Å². The van der Waals surface area contributed by atoms with Gasteiger partial charge in [-0.25, -0.2) is 4.98 Å². The van der Waals surface area contributed by atoms with Crippen LogP contribution in [0.2, 0.25) is 0 Å². The van der Waals surface area contributed by atoms with E-state index in [1.54, 1.807) is 12.1 Å². The molecule has 2 N–H and O–H groups in total. The van der Waals surface area contributed by atoms with Crippen molar-refractivity contribution in [2.45, 2.75) is 0 Å². The van der Waals surface area contributed by atoms with Crippen LogP contribution in [0.5, 0.6) is 0 Å². The lowest BCUT2D eigenvalue weighted by molar-refractivity contribution is -0.133. The predicted molar refractivity (Wildman–Crippen MR) is 65.5 cm³/mol. The fourth-order valence-corrected chi connectivity index (χ4v) is 1.65. The standard InChI is InChI=1S/C9H9BrN2O3S/c10-7-2-1-6(3-11-7)12-8(13)4-16-5-9(14)15/h1-3H,4-5H2,(H,12,13)(H,14,15). The zero-order chi connectivity index (χ0) is 12.0. The molecule has 0 spiro atoms. The van der Waals surface area contributed by atoms with E-state index in [2.05, 4.69) is 26.2 Å². The Morgan fingerprint density at radius 2 is 2.19 bits per heavy atom. The summed E-state index contributed by atoms with van der Waals surface area (Å²) in [6.07, 6.45) is 1.52. The lowest BCUT2D eigenvalue weighted by Crippen LogP contribution is -2.15. The average Bonchev–Trinajstić information content (AvgIpc) is 2.21. The van der Waals surface area contributed by atoms with Crippen molar-refractivity contribution in [2.24, 2.45) is 0 Å². The molecule has 86 valence electrons. The van der Waals surface area contributed by atoms with Crippen LogP contribution in [0.3, 0.4) is 0 Å². The molecule has 1 amide bonds. The van der Waals surface area contributed by atoms with Gasteiger partial charge >= 0.3 is 5.97 Å². The number of amides is 1. The van der Waals surface area contributed by atoms with E-state index < -0.39 is 5.97 Å². The minimum Gasteiger partial charge on any atom is -0.481 e. The number of aliphatic carboxylic acids is 1. The lowest BCUT2D eigenvalue weighted by Gasteiger charge is -2.03. The Labute approximate surface area is 105 Å². The molecule has 0 bridgehead atoms. The fraction of sp³-hybridized carbons (Fsp3) is 0.222. The Balaban J connectivity index is 2.34. The van der Waals surface area contributed by atoms with E-state index in [4.69, 9.17) is 5.11 Å². The summed E-state index contributed by atoms with van der Waals surface area (Å²) < 4.78 is 0.686. The van der Waals surface area contributed by atoms with Crippen LogP contribution in [-0.2, 0) is 9.59 Å². The van der Waals surface area contributed by atoms with Crippen molar-refractivity contribution in [3.8, 4) is 0 Å². The highest BCUT2D eigenvalue weighted by Crippen LogP contribution is 2.11. The second kappa shape index (κ2) is 6.49. The summed E-state index contributed by atoms with van der Waals surface area (Å²) in [7, 11) is 0. The Morgan fingerprint density at radius 1 is 1.44 bits per heavy atom. The van der Waals surface area contributed by atoms with Crippen LogP contribution < -0.4 is 5.32 Å². The summed E-state index contributed by atoms with van der Waals surface area (Å²) in [5.41, 5.74) is 0.587. The number of nitrogens with zero attached hydrogens (tertiary/aromatic N) is 1. The molecule has 5 nitrogen and oxygen atoms in total. The van der Waals surface area contributed by atoms with E-state index in [1.165, 1.54) is 6.20 Å². The van der Waals surface area contributed by atoms with Crippen LogP contribution in [0.15, 0.2) is 22.9 Å². The fourth-order valence-electron chi connectivity index (χ4n) is 0.878. The predicted octanol–water partition coefficient (Wildman–Crippen LogP) is 1.60. The number of carbonyl (C=O) groups excluding carboxylic acids is 1. The molecule has 7 heteroatoms. The second-order valence-electron chi connectivity index (χ2n) is 2.80. The van der Waals surface area contributed by atoms with E-state index >= 15 is 0 Å². The number of halogens is 1. The highest BCUT2D eigenvalue weighted by Gasteiger charge is 2.04. The third-order valence-electron chi connectivity index (χ3n) is 1.47. The minimum atomic E-state index is -0.928. The summed E-state index contributed by atoms with van der Waals surface area (Å²) in [5, 5.41) is 11.0. The maximum atomic E-state index is 11.3. The molecule has 0 aliphatic heterocycles. The smallest absolute Gasteiger partial charge is 0.313 e. The SMILES string of the molecule is O=C(O)CSCC(=O)Nc1ccc(Br)nc1. The summed E-state index contributed by atoms with van der Waals surface area (Å²) in [6, 6.07) is 3.41. The Morgan fingerprint density at radius 3 is 2.75 bits per heavy atom. The number of anilines is 1. The molecule has 0 fully saturated rings. The van der Waals surface area contributed by atoms with Gasteiger partial charge in [-0.2, -0.15) is 0 Å². The van der Waals surface area contributed by atoms with Crippen molar-refractivity contribution in [1.29, 1.82) is 0 Å².